The molecule has 0 aliphatic rings. The van der Waals surface area contributed by atoms with Crippen LogP contribution in [0, 0.1) is 5.82 Å². The van der Waals surface area contributed by atoms with E-state index in [2.05, 4.69) is 10.3 Å². The van der Waals surface area contributed by atoms with Crippen LogP contribution in [-0.2, 0) is 0 Å². The second kappa shape index (κ2) is 5.34. The maximum atomic E-state index is 13.4. The Hall–Kier alpha value is -2.63. The van der Waals surface area contributed by atoms with Gasteiger partial charge < -0.3 is 15.8 Å². The van der Waals surface area contributed by atoms with Crippen molar-refractivity contribution < 1.29 is 13.9 Å². The van der Waals surface area contributed by atoms with Crippen LogP contribution < -0.4 is 15.8 Å². The van der Waals surface area contributed by atoms with Crippen LogP contribution >= 0.6 is 0 Å². The largest absolute Gasteiger partial charge is 0.495 e. The van der Waals surface area contributed by atoms with Gasteiger partial charge in [0.25, 0.3) is 5.91 Å². The average Bonchev–Trinajstić information content (AvgIpc) is 2.42. The van der Waals surface area contributed by atoms with Crippen molar-refractivity contribution in [2.45, 2.75) is 0 Å². The Balaban J connectivity index is 2.23. The monoisotopic (exact) mass is 261 g/mol. The highest BCUT2D eigenvalue weighted by molar-refractivity contribution is 6.04. The number of hydrogen-bond donors (Lipinski definition) is 2. The fraction of sp³-hybridized carbons (Fsp3) is 0.0769. The van der Waals surface area contributed by atoms with E-state index in [1.165, 1.54) is 31.5 Å². The van der Waals surface area contributed by atoms with Crippen LogP contribution in [0.15, 0.2) is 36.7 Å². The number of nitrogens with one attached hydrogen (secondary N) is 1. The zero-order valence-electron chi connectivity index (χ0n) is 10.2. The number of carbonyl (C=O) groups is 1. The van der Waals surface area contributed by atoms with E-state index in [1.807, 2.05) is 0 Å². The van der Waals surface area contributed by atoms with Gasteiger partial charge in [0, 0.05) is 11.8 Å². The molecule has 0 unspecified atom stereocenters. The third-order valence-electron chi connectivity index (χ3n) is 2.52. The normalized spacial score (nSPS) is 10.0. The van der Waals surface area contributed by atoms with Gasteiger partial charge in [-0.1, -0.05) is 0 Å². The van der Waals surface area contributed by atoms with E-state index in [0.717, 1.165) is 6.20 Å². The lowest BCUT2D eigenvalue weighted by molar-refractivity contribution is 0.102. The minimum atomic E-state index is -0.599. The van der Waals surface area contributed by atoms with E-state index in [0.29, 0.717) is 17.0 Å². The summed E-state index contributed by atoms with van der Waals surface area (Å²) in [7, 11) is 1.45. The maximum absolute atomic E-state index is 13.4. The van der Waals surface area contributed by atoms with Gasteiger partial charge in [-0.2, -0.15) is 0 Å². The van der Waals surface area contributed by atoms with Gasteiger partial charge in [0.05, 0.1) is 24.7 Å². The number of rotatable bonds is 3. The summed E-state index contributed by atoms with van der Waals surface area (Å²) in [6.07, 6.45) is 2.42. The average molecular weight is 261 g/mol. The van der Waals surface area contributed by atoms with Crippen LogP contribution in [0.1, 0.15) is 10.4 Å². The van der Waals surface area contributed by atoms with Crippen LogP contribution in [0.4, 0.5) is 15.8 Å². The van der Waals surface area contributed by atoms with E-state index >= 15 is 0 Å². The van der Waals surface area contributed by atoms with Gasteiger partial charge in [0.15, 0.2) is 5.82 Å². The van der Waals surface area contributed by atoms with E-state index in [9.17, 15) is 9.18 Å². The van der Waals surface area contributed by atoms with Crippen molar-refractivity contribution in [3.05, 3.63) is 48.0 Å². The van der Waals surface area contributed by atoms with Crippen LogP contribution in [0.3, 0.4) is 0 Å². The van der Waals surface area contributed by atoms with Crippen molar-refractivity contribution >= 4 is 17.3 Å². The van der Waals surface area contributed by atoms with Crippen molar-refractivity contribution in [3.63, 3.8) is 0 Å². The van der Waals surface area contributed by atoms with Crippen LogP contribution in [0.25, 0.3) is 0 Å². The van der Waals surface area contributed by atoms with Gasteiger partial charge in [-0.25, -0.2) is 4.39 Å². The number of anilines is 2. The highest BCUT2D eigenvalue weighted by Crippen LogP contribution is 2.23. The Morgan fingerprint density at radius 3 is 2.89 bits per heavy atom. The smallest absolute Gasteiger partial charge is 0.255 e. The number of benzene rings is 1. The van der Waals surface area contributed by atoms with Crippen molar-refractivity contribution in [1.82, 2.24) is 4.98 Å². The lowest BCUT2D eigenvalue weighted by Gasteiger charge is -2.08. The van der Waals surface area contributed by atoms with E-state index in [-0.39, 0.29) is 5.69 Å². The molecule has 0 bridgehead atoms. The maximum Gasteiger partial charge on any atom is 0.255 e. The van der Waals surface area contributed by atoms with Crippen LogP contribution in [-0.4, -0.2) is 18.0 Å². The number of ether oxygens (including phenoxy) is 1. The molecule has 19 heavy (non-hydrogen) atoms. The number of halogens is 1. The number of hydrogen-bond acceptors (Lipinski definition) is 4. The molecule has 0 saturated carbocycles. The predicted molar refractivity (Wildman–Crippen MR) is 69.6 cm³/mol. The van der Waals surface area contributed by atoms with Crippen molar-refractivity contribution in [3.8, 4) is 5.75 Å². The lowest BCUT2D eigenvalue weighted by atomic mass is 10.1. The molecule has 2 aromatic rings. The first-order chi connectivity index (χ1) is 9.11. The first-order valence-corrected chi connectivity index (χ1v) is 5.46. The Morgan fingerprint density at radius 1 is 1.42 bits per heavy atom. The van der Waals surface area contributed by atoms with Crippen molar-refractivity contribution in [2.75, 3.05) is 18.2 Å². The second-order valence-corrected chi connectivity index (χ2v) is 3.77. The molecule has 0 radical (unpaired) electrons. The minimum absolute atomic E-state index is 0.0655. The summed E-state index contributed by atoms with van der Waals surface area (Å²) in [5.41, 5.74) is 6.46. The van der Waals surface area contributed by atoms with Gasteiger partial charge in [-0.05, 0) is 24.3 Å². The molecule has 0 atom stereocenters. The van der Waals surface area contributed by atoms with Gasteiger partial charge in [-0.15, -0.1) is 0 Å². The minimum Gasteiger partial charge on any atom is -0.495 e. The number of nitrogens with two attached hydrogens (primary N) is 1. The summed E-state index contributed by atoms with van der Waals surface area (Å²) in [6, 6.07) is 5.95. The second-order valence-electron chi connectivity index (χ2n) is 3.77. The third kappa shape index (κ3) is 2.79. The number of pyridine rings is 1. The zero-order valence-corrected chi connectivity index (χ0v) is 10.2. The summed E-state index contributed by atoms with van der Waals surface area (Å²) in [6.45, 7) is 0. The Labute approximate surface area is 109 Å². The summed E-state index contributed by atoms with van der Waals surface area (Å²) in [5.74, 6) is -0.662. The van der Waals surface area contributed by atoms with E-state index < -0.39 is 11.7 Å². The number of nitrogens with zero attached hydrogens (tertiary/aromatic N) is 1. The van der Waals surface area contributed by atoms with Crippen molar-refractivity contribution in [1.29, 1.82) is 0 Å². The molecule has 0 saturated heterocycles. The molecular weight excluding hydrogens is 249 g/mol. The molecule has 1 heterocycles. The molecule has 0 aliphatic carbocycles. The third-order valence-corrected chi connectivity index (χ3v) is 2.52. The quantitative estimate of drug-likeness (QED) is 0.829. The Morgan fingerprint density at radius 2 is 2.21 bits per heavy atom. The number of nitrogen functional groups attached to an aromatic ring is 1. The molecule has 0 fully saturated rings. The van der Waals surface area contributed by atoms with Crippen LogP contribution in [0.5, 0.6) is 5.75 Å². The van der Waals surface area contributed by atoms with Gasteiger partial charge in [0.2, 0.25) is 0 Å². The topological polar surface area (TPSA) is 77.2 Å². The van der Waals surface area contributed by atoms with Crippen molar-refractivity contribution in [2.24, 2.45) is 0 Å². The standard InChI is InChI=1S/C13H12FN3O2/c1-19-12-6-8(2-3-10(12)15)13(18)17-11-4-5-16-7-9(11)14/h2-7H,15H2,1H3,(H,16,17,18). The molecule has 1 aromatic carbocycles. The van der Waals surface area contributed by atoms with Gasteiger partial charge in [-0.3, -0.25) is 9.78 Å². The molecule has 2 rings (SSSR count). The first kappa shape index (κ1) is 12.8. The molecule has 3 N–H and O–H groups in total. The SMILES string of the molecule is COc1cc(C(=O)Nc2ccncc2F)ccc1N. The number of methoxy groups -OCH3 is 1. The predicted octanol–water partition coefficient (Wildman–Crippen LogP) is 2.06. The highest BCUT2D eigenvalue weighted by Gasteiger charge is 2.11. The zero-order chi connectivity index (χ0) is 13.8. The van der Waals surface area contributed by atoms with Gasteiger partial charge in [0.1, 0.15) is 5.75 Å². The fourth-order valence-electron chi connectivity index (χ4n) is 1.52. The summed E-state index contributed by atoms with van der Waals surface area (Å²) >= 11 is 0. The molecule has 98 valence electrons. The number of carbonyl (C=O) groups excluding carboxylic acids is 1. The summed E-state index contributed by atoms with van der Waals surface area (Å²) in [5, 5.41) is 2.45. The molecular formula is C13H12FN3O2. The molecule has 6 heteroatoms. The molecule has 1 aromatic heterocycles. The first-order valence-electron chi connectivity index (χ1n) is 5.46. The molecule has 0 spiro atoms. The molecule has 1 amide bonds. The Kier molecular flexibility index (Phi) is 3.61. The number of aromatic nitrogens is 1. The van der Waals surface area contributed by atoms with Crippen LogP contribution in [0.2, 0.25) is 0 Å². The molecule has 0 aliphatic heterocycles. The highest BCUT2D eigenvalue weighted by atomic mass is 19.1. The van der Waals surface area contributed by atoms with E-state index in [1.54, 1.807) is 6.07 Å². The fourth-order valence-corrected chi connectivity index (χ4v) is 1.52. The summed E-state index contributed by atoms with van der Waals surface area (Å²) < 4.78 is 18.4. The van der Waals surface area contributed by atoms with E-state index in [4.69, 9.17) is 10.5 Å². The number of amides is 1. The molecule has 5 nitrogen and oxygen atoms in total. The lowest BCUT2D eigenvalue weighted by Crippen LogP contribution is -2.13. The Bertz CT molecular complexity index is 617. The van der Waals surface area contributed by atoms with Gasteiger partial charge >= 0.3 is 0 Å². The summed E-state index contributed by atoms with van der Waals surface area (Å²) in [4.78, 5) is 15.6.